The first-order valence-corrected chi connectivity index (χ1v) is 7.14. The normalized spacial score (nSPS) is 39.7. The molecule has 3 unspecified atom stereocenters. The van der Waals surface area contributed by atoms with Crippen molar-refractivity contribution in [3.8, 4) is 0 Å². The number of hydrogen-bond acceptors (Lipinski definition) is 3. The summed E-state index contributed by atoms with van der Waals surface area (Å²) in [6.07, 6.45) is 6.57. The van der Waals surface area contributed by atoms with Gasteiger partial charge in [-0.25, -0.2) is 0 Å². The van der Waals surface area contributed by atoms with Gasteiger partial charge in [0.1, 0.15) is 0 Å². The number of piperidine rings is 1. The third-order valence-electron chi connectivity index (χ3n) is 4.80. The maximum Gasteiger partial charge on any atom is 0.0502 e. The Balaban J connectivity index is 1.99. The molecule has 3 nitrogen and oxygen atoms in total. The fourth-order valence-electron chi connectivity index (χ4n) is 3.84. The minimum absolute atomic E-state index is 0.311. The van der Waals surface area contributed by atoms with Gasteiger partial charge in [0.05, 0.1) is 6.61 Å². The Hall–Kier alpha value is -0.120. The molecule has 1 heterocycles. The van der Waals surface area contributed by atoms with Crippen LogP contribution in [0.2, 0.25) is 0 Å². The average molecular weight is 240 g/mol. The Morgan fingerprint density at radius 2 is 2.24 bits per heavy atom. The van der Waals surface area contributed by atoms with Crippen molar-refractivity contribution in [1.82, 2.24) is 4.90 Å². The van der Waals surface area contributed by atoms with Crippen LogP contribution in [0.3, 0.4) is 0 Å². The highest BCUT2D eigenvalue weighted by atomic mass is 16.5. The second-order valence-electron chi connectivity index (χ2n) is 6.19. The summed E-state index contributed by atoms with van der Waals surface area (Å²) in [5, 5.41) is 0. The summed E-state index contributed by atoms with van der Waals surface area (Å²) in [4.78, 5) is 2.68. The van der Waals surface area contributed by atoms with Gasteiger partial charge in [-0.1, -0.05) is 6.92 Å². The van der Waals surface area contributed by atoms with E-state index in [-0.39, 0.29) is 0 Å². The summed E-state index contributed by atoms with van der Waals surface area (Å²) in [6.45, 7) is 6.54. The zero-order valence-corrected chi connectivity index (χ0v) is 11.5. The monoisotopic (exact) mass is 240 g/mol. The lowest BCUT2D eigenvalue weighted by molar-refractivity contribution is 0.0234. The Morgan fingerprint density at radius 1 is 1.41 bits per heavy atom. The van der Waals surface area contributed by atoms with Crippen LogP contribution >= 0.6 is 0 Å². The first-order chi connectivity index (χ1) is 8.20. The van der Waals surface area contributed by atoms with E-state index in [0.29, 0.717) is 11.5 Å². The molecule has 1 aliphatic carbocycles. The van der Waals surface area contributed by atoms with E-state index in [2.05, 4.69) is 11.8 Å². The Labute approximate surface area is 106 Å². The predicted octanol–water partition coefficient (Wildman–Crippen LogP) is 1.86. The van der Waals surface area contributed by atoms with Crippen molar-refractivity contribution >= 4 is 0 Å². The molecule has 1 saturated heterocycles. The van der Waals surface area contributed by atoms with Crippen LogP contribution in [0.15, 0.2) is 0 Å². The van der Waals surface area contributed by atoms with Crippen molar-refractivity contribution in [2.75, 3.05) is 33.4 Å². The summed E-state index contributed by atoms with van der Waals surface area (Å²) < 4.78 is 5.32. The Morgan fingerprint density at radius 3 is 2.82 bits per heavy atom. The maximum absolute atomic E-state index is 6.11. The van der Waals surface area contributed by atoms with Crippen molar-refractivity contribution in [2.24, 2.45) is 17.6 Å². The van der Waals surface area contributed by atoms with Crippen molar-refractivity contribution in [3.63, 3.8) is 0 Å². The summed E-state index contributed by atoms with van der Waals surface area (Å²) >= 11 is 0. The van der Waals surface area contributed by atoms with E-state index < -0.39 is 0 Å². The van der Waals surface area contributed by atoms with Crippen LogP contribution in [0, 0.1) is 11.8 Å². The minimum Gasteiger partial charge on any atom is -0.384 e. The Kier molecular flexibility index (Phi) is 4.45. The highest BCUT2D eigenvalue weighted by Crippen LogP contribution is 2.40. The molecule has 17 heavy (non-hydrogen) atoms. The number of hydrogen-bond donors (Lipinski definition) is 1. The largest absolute Gasteiger partial charge is 0.384 e. The van der Waals surface area contributed by atoms with Gasteiger partial charge in [-0.15, -0.1) is 0 Å². The predicted molar refractivity (Wildman–Crippen MR) is 71.0 cm³/mol. The molecular formula is C14H28N2O. The van der Waals surface area contributed by atoms with Gasteiger partial charge < -0.3 is 10.5 Å². The zero-order valence-electron chi connectivity index (χ0n) is 11.5. The first-order valence-electron chi connectivity index (χ1n) is 7.14. The van der Waals surface area contributed by atoms with Gasteiger partial charge in [0.15, 0.2) is 0 Å². The third-order valence-corrected chi connectivity index (χ3v) is 4.80. The highest BCUT2D eigenvalue weighted by Gasteiger charge is 2.42. The van der Waals surface area contributed by atoms with Gasteiger partial charge in [-0.3, -0.25) is 4.90 Å². The number of ether oxygens (including phenoxy) is 1. The van der Waals surface area contributed by atoms with Crippen LogP contribution in [0.25, 0.3) is 0 Å². The van der Waals surface area contributed by atoms with Crippen molar-refractivity contribution < 1.29 is 4.74 Å². The van der Waals surface area contributed by atoms with Crippen LogP contribution in [-0.2, 0) is 4.74 Å². The van der Waals surface area contributed by atoms with Gasteiger partial charge in [0.2, 0.25) is 0 Å². The molecule has 2 fully saturated rings. The summed E-state index contributed by atoms with van der Waals surface area (Å²) in [5.41, 5.74) is 6.42. The fraction of sp³-hybridized carbons (Fsp3) is 1.00. The topological polar surface area (TPSA) is 38.5 Å². The molecular weight excluding hydrogens is 212 g/mol. The third kappa shape index (κ3) is 2.83. The molecule has 0 bridgehead atoms. The van der Waals surface area contributed by atoms with E-state index in [1.165, 1.54) is 45.2 Å². The lowest BCUT2D eigenvalue weighted by Crippen LogP contribution is -2.56. The number of rotatable bonds is 4. The van der Waals surface area contributed by atoms with Crippen molar-refractivity contribution in [3.05, 3.63) is 0 Å². The van der Waals surface area contributed by atoms with E-state index in [0.717, 1.165) is 19.1 Å². The maximum atomic E-state index is 6.11. The quantitative estimate of drug-likeness (QED) is 0.815. The average Bonchev–Trinajstić information content (AvgIpc) is 2.73. The summed E-state index contributed by atoms with van der Waals surface area (Å²) in [5.74, 6) is 1.56. The van der Waals surface area contributed by atoms with E-state index >= 15 is 0 Å². The number of methoxy groups -OCH3 is 1. The smallest absolute Gasteiger partial charge is 0.0502 e. The molecule has 2 aliphatic rings. The molecule has 0 spiro atoms. The van der Waals surface area contributed by atoms with Crippen LogP contribution < -0.4 is 5.73 Å². The number of nitrogens with two attached hydrogens (primary N) is 1. The Bertz CT molecular complexity index is 244. The van der Waals surface area contributed by atoms with Crippen molar-refractivity contribution in [1.29, 1.82) is 0 Å². The van der Waals surface area contributed by atoms with E-state index in [1.54, 1.807) is 0 Å². The van der Waals surface area contributed by atoms with Gasteiger partial charge in [-0.05, 0) is 50.5 Å². The van der Waals surface area contributed by atoms with E-state index in [4.69, 9.17) is 10.5 Å². The molecule has 0 aromatic heterocycles. The molecule has 0 radical (unpaired) electrons. The summed E-state index contributed by atoms with van der Waals surface area (Å²) in [6, 6.07) is 0. The molecule has 0 aromatic rings. The SMILES string of the molecule is COCC1CCCN(C2(CN)CCC(C)C2)C1. The van der Waals surface area contributed by atoms with Crippen LogP contribution in [0.1, 0.15) is 39.0 Å². The van der Waals surface area contributed by atoms with E-state index in [9.17, 15) is 0 Å². The summed E-state index contributed by atoms with van der Waals surface area (Å²) in [7, 11) is 1.81. The lowest BCUT2D eigenvalue weighted by atomic mass is 9.88. The van der Waals surface area contributed by atoms with Crippen LogP contribution in [0.5, 0.6) is 0 Å². The molecule has 3 atom stereocenters. The fourth-order valence-corrected chi connectivity index (χ4v) is 3.84. The zero-order chi connectivity index (χ0) is 12.3. The number of nitrogens with zero attached hydrogens (tertiary/aromatic N) is 1. The molecule has 0 amide bonds. The molecule has 2 rings (SSSR count). The lowest BCUT2D eigenvalue weighted by Gasteiger charge is -2.45. The van der Waals surface area contributed by atoms with Gasteiger partial charge in [-0.2, -0.15) is 0 Å². The number of likely N-dealkylation sites (tertiary alicyclic amines) is 1. The minimum atomic E-state index is 0.311. The molecule has 1 saturated carbocycles. The van der Waals surface area contributed by atoms with Crippen molar-refractivity contribution in [2.45, 2.75) is 44.6 Å². The molecule has 2 N–H and O–H groups in total. The standard InChI is InChI=1S/C14H28N2O/c1-12-5-6-14(8-12,11-15)16-7-3-4-13(9-16)10-17-2/h12-13H,3-11,15H2,1-2H3. The van der Waals surface area contributed by atoms with Gasteiger partial charge in [0.25, 0.3) is 0 Å². The van der Waals surface area contributed by atoms with Gasteiger partial charge >= 0.3 is 0 Å². The molecule has 0 aromatic carbocycles. The highest BCUT2D eigenvalue weighted by molar-refractivity contribution is 4.99. The van der Waals surface area contributed by atoms with Gasteiger partial charge in [0, 0.05) is 25.7 Å². The second-order valence-corrected chi connectivity index (χ2v) is 6.19. The van der Waals surface area contributed by atoms with Crippen LogP contribution in [0.4, 0.5) is 0 Å². The van der Waals surface area contributed by atoms with E-state index in [1.807, 2.05) is 7.11 Å². The molecule has 100 valence electrons. The second kappa shape index (κ2) is 5.68. The van der Waals surface area contributed by atoms with Crippen LogP contribution in [-0.4, -0.2) is 43.8 Å². The molecule has 3 heteroatoms. The molecule has 1 aliphatic heterocycles. The first kappa shape index (κ1) is 13.3.